The van der Waals surface area contributed by atoms with Crippen LogP contribution in [0.2, 0.25) is 0 Å². The summed E-state index contributed by atoms with van der Waals surface area (Å²) >= 11 is 0. The van der Waals surface area contributed by atoms with Gasteiger partial charge in [-0.3, -0.25) is 4.79 Å². The van der Waals surface area contributed by atoms with Gasteiger partial charge in [-0.1, -0.05) is 48.0 Å². The van der Waals surface area contributed by atoms with Crippen LogP contribution in [0.5, 0.6) is 0 Å². The fraction of sp³-hybridized carbons (Fsp3) is 0.278. The minimum Gasteiger partial charge on any atom is -0.465 e. The monoisotopic (exact) mass is 345 g/mol. The first-order valence-electron chi connectivity index (χ1n) is 7.78. The van der Waals surface area contributed by atoms with Gasteiger partial charge in [-0.05, 0) is 31.5 Å². The Hall–Kier alpha value is -2.18. The molecule has 0 amide bonds. The van der Waals surface area contributed by atoms with Crippen LogP contribution in [0.3, 0.4) is 0 Å². The molecule has 5 nitrogen and oxygen atoms in total. The van der Waals surface area contributed by atoms with E-state index in [0.717, 1.165) is 11.1 Å². The van der Waals surface area contributed by atoms with E-state index in [0.29, 0.717) is 0 Å². The SMILES string of the molecule is CCOC(=O)C1C(c2ccccc2)N1S(=O)(=O)c1ccc(C)cc1. The molecule has 0 radical (unpaired) electrons. The van der Waals surface area contributed by atoms with Crippen LogP contribution in [0.25, 0.3) is 0 Å². The zero-order valence-corrected chi connectivity index (χ0v) is 14.4. The highest BCUT2D eigenvalue weighted by Gasteiger charge is 2.61. The summed E-state index contributed by atoms with van der Waals surface area (Å²) in [5.74, 6) is -0.512. The first kappa shape index (κ1) is 16.7. The summed E-state index contributed by atoms with van der Waals surface area (Å²) in [5, 5.41) is 0. The average molecular weight is 345 g/mol. The summed E-state index contributed by atoms with van der Waals surface area (Å²) in [6.45, 7) is 3.81. The molecular formula is C18H19NO4S. The fourth-order valence-corrected chi connectivity index (χ4v) is 4.49. The maximum Gasteiger partial charge on any atom is 0.326 e. The second-order valence-electron chi connectivity index (χ2n) is 5.70. The fourth-order valence-electron chi connectivity index (χ4n) is 2.78. The third-order valence-electron chi connectivity index (χ3n) is 4.02. The van der Waals surface area contributed by atoms with E-state index in [1.807, 2.05) is 37.3 Å². The van der Waals surface area contributed by atoms with E-state index < -0.39 is 28.1 Å². The first-order valence-corrected chi connectivity index (χ1v) is 9.22. The Kier molecular flexibility index (Phi) is 4.43. The molecule has 2 aromatic rings. The Morgan fingerprint density at radius 1 is 1.08 bits per heavy atom. The van der Waals surface area contributed by atoms with Crippen molar-refractivity contribution in [3.63, 3.8) is 0 Å². The number of nitrogens with zero attached hydrogens (tertiary/aromatic N) is 1. The lowest BCUT2D eigenvalue weighted by atomic mass is 10.1. The van der Waals surface area contributed by atoms with Crippen molar-refractivity contribution in [1.29, 1.82) is 0 Å². The number of aryl methyl sites for hydroxylation is 1. The number of hydrogen-bond acceptors (Lipinski definition) is 4. The number of esters is 1. The number of ether oxygens (including phenoxy) is 1. The van der Waals surface area contributed by atoms with Crippen molar-refractivity contribution in [2.24, 2.45) is 0 Å². The van der Waals surface area contributed by atoms with E-state index in [1.165, 1.54) is 4.31 Å². The third-order valence-corrected chi connectivity index (χ3v) is 5.90. The van der Waals surface area contributed by atoms with Crippen LogP contribution in [0.1, 0.15) is 24.1 Å². The molecule has 24 heavy (non-hydrogen) atoms. The van der Waals surface area contributed by atoms with E-state index in [1.54, 1.807) is 31.2 Å². The van der Waals surface area contributed by atoms with Crippen molar-refractivity contribution in [2.75, 3.05) is 6.61 Å². The highest BCUT2D eigenvalue weighted by atomic mass is 32.2. The van der Waals surface area contributed by atoms with Crippen molar-refractivity contribution >= 4 is 16.0 Å². The molecule has 0 spiro atoms. The van der Waals surface area contributed by atoms with E-state index in [2.05, 4.69) is 0 Å². The number of rotatable bonds is 5. The lowest BCUT2D eigenvalue weighted by Gasteiger charge is -2.07. The molecule has 1 heterocycles. The summed E-state index contributed by atoms with van der Waals surface area (Å²) in [6, 6.07) is 14.4. The number of sulfonamides is 1. The Morgan fingerprint density at radius 2 is 1.71 bits per heavy atom. The molecule has 3 atom stereocenters. The van der Waals surface area contributed by atoms with Crippen molar-refractivity contribution in [1.82, 2.24) is 4.31 Å². The average Bonchev–Trinajstić information content (AvgIpc) is 3.33. The van der Waals surface area contributed by atoms with Crippen LogP contribution in [0.15, 0.2) is 59.5 Å². The highest BCUT2D eigenvalue weighted by Crippen LogP contribution is 2.48. The molecule has 0 aromatic heterocycles. The minimum absolute atomic E-state index is 0.181. The highest BCUT2D eigenvalue weighted by molar-refractivity contribution is 7.89. The van der Waals surface area contributed by atoms with Gasteiger partial charge in [0.25, 0.3) is 0 Å². The molecule has 0 aliphatic carbocycles. The summed E-state index contributed by atoms with van der Waals surface area (Å²) < 4.78 is 32.1. The molecule has 126 valence electrons. The van der Waals surface area contributed by atoms with Gasteiger partial charge < -0.3 is 4.74 Å². The number of hydrogen-bond donors (Lipinski definition) is 0. The summed E-state index contributed by atoms with van der Waals surface area (Å²) in [5.41, 5.74) is 1.76. The van der Waals surface area contributed by atoms with Crippen LogP contribution in [0.4, 0.5) is 0 Å². The van der Waals surface area contributed by atoms with Crippen LogP contribution < -0.4 is 0 Å². The number of carbonyl (C=O) groups excluding carboxylic acids is 1. The maximum absolute atomic E-state index is 12.9. The second kappa shape index (κ2) is 6.37. The molecule has 2 aromatic carbocycles. The number of benzene rings is 2. The molecular weight excluding hydrogens is 326 g/mol. The third kappa shape index (κ3) is 2.95. The van der Waals surface area contributed by atoms with Gasteiger partial charge in [0.2, 0.25) is 10.0 Å². The molecule has 1 aliphatic heterocycles. The molecule has 3 unspecified atom stereocenters. The molecule has 6 heteroatoms. The molecule has 0 bridgehead atoms. The Morgan fingerprint density at radius 3 is 2.29 bits per heavy atom. The Balaban J connectivity index is 1.97. The molecule has 0 saturated carbocycles. The predicted octanol–water partition coefficient (Wildman–Crippen LogP) is 2.67. The Labute approximate surface area is 141 Å². The normalized spacial score (nSPS) is 22.8. The van der Waals surface area contributed by atoms with Crippen molar-refractivity contribution in [3.8, 4) is 0 Å². The minimum atomic E-state index is -3.76. The predicted molar refractivity (Wildman–Crippen MR) is 89.8 cm³/mol. The lowest BCUT2D eigenvalue weighted by molar-refractivity contribution is -0.143. The second-order valence-corrected chi connectivity index (χ2v) is 7.54. The van der Waals surface area contributed by atoms with Crippen LogP contribution in [0, 0.1) is 6.92 Å². The van der Waals surface area contributed by atoms with Gasteiger partial charge in [-0.15, -0.1) is 0 Å². The quantitative estimate of drug-likeness (QED) is 0.617. The summed E-state index contributed by atoms with van der Waals surface area (Å²) in [6.07, 6.45) is 0. The standard InChI is InChI=1S/C18H19NO4S/c1-3-23-18(20)17-16(14-7-5-4-6-8-14)19(17)24(21,22)15-11-9-13(2)10-12-15/h4-12,16-17H,3H2,1-2H3. The van der Waals surface area contributed by atoms with Gasteiger partial charge in [0, 0.05) is 0 Å². The summed E-state index contributed by atoms with van der Waals surface area (Å²) in [7, 11) is -3.76. The van der Waals surface area contributed by atoms with Gasteiger partial charge >= 0.3 is 5.97 Å². The maximum atomic E-state index is 12.9. The van der Waals surface area contributed by atoms with Gasteiger partial charge in [-0.25, -0.2) is 8.42 Å². The lowest BCUT2D eigenvalue weighted by Crippen LogP contribution is -2.21. The van der Waals surface area contributed by atoms with E-state index in [4.69, 9.17) is 4.74 Å². The zero-order chi connectivity index (χ0) is 17.3. The molecule has 1 aliphatic rings. The molecule has 3 rings (SSSR count). The van der Waals surface area contributed by atoms with Crippen molar-refractivity contribution in [2.45, 2.75) is 30.8 Å². The van der Waals surface area contributed by atoms with Gasteiger partial charge in [0.05, 0.1) is 17.5 Å². The molecule has 0 N–H and O–H groups in total. The van der Waals surface area contributed by atoms with Crippen molar-refractivity contribution in [3.05, 3.63) is 65.7 Å². The van der Waals surface area contributed by atoms with Gasteiger partial charge in [0.15, 0.2) is 0 Å². The van der Waals surface area contributed by atoms with E-state index >= 15 is 0 Å². The zero-order valence-electron chi connectivity index (χ0n) is 13.5. The Bertz CT molecular complexity index is 831. The number of carbonyl (C=O) groups is 1. The first-order chi connectivity index (χ1) is 11.5. The summed E-state index contributed by atoms with van der Waals surface area (Å²) in [4.78, 5) is 12.4. The van der Waals surface area contributed by atoms with E-state index in [9.17, 15) is 13.2 Å². The molecule has 1 fully saturated rings. The van der Waals surface area contributed by atoms with Crippen molar-refractivity contribution < 1.29 is 17.9 Å². The van der Waals surface area contributed by atoms with Crippen LogP contribution >= 0.6 is 0 Å². The smallest absolute Gasteiger partial charge is 0.326 e. The van der Waals surface area contributed by atoms with Crippen LogP contribution in [-0.2, 0) is 19.6 Å². The van der Waals surface area contributed by atoms with Crippen LogP contribution in [-0.4, -0.2) is 31.3 Å². The topological polar surface area (TPSA) is 63.5 Å². The molecule has 1 saturated heterocycles. The largest absolute Gasteiger partial charge is 0.465 e. The van der Waals surface area contributed by atoms with Gasteiger partial charge in [-0.2, -0.15) is 4.31 Å². The van der Waals surface area contributed by atoms with E-state index in [-0.39, 0.29) is 11.5 Å². The van der Waals surface area contributed by atoms with Gasteiger partial charge in [0.1, 0.15) is 6.04 Å².